The van der Waals surface area contributed by atoms with Gasteiger partial charge in [-0.25, -0.2) is 0 Å². The minimum atomic E-state index is -0.0585. The number of carbonyl (C=O) groups excluding carboxylic acids is 1. The Morgan fingerprint density at radius 1 is 1.27 bits per heavy atom. The molecule has 4 heteroatoms. The van der Waals surface area contributed by atoms with E-state index in [1.807, 2.05) is 0 Å². The molecule has 2 fully saturated rings. The molecule has 0 radical (unpaired) electrons. The molecule has 2 saturated heterocycles. The predicted octanol–water partition coefficient (Wildman–Crippen LogP) is -0.105. The lowest BCUT2D eigenvalue weighted by Gasteiger charge is -2.43. The van der Waals surface area contributed by atoms with Crippen LogP contribution in [0, 0.1) is 11.8 Å². The first-order valence-corrected chi connectivity index (χ1v) is 8.01. The molecule has 4 unspecified atom stereocenters. The van der Waals surface area contributed by atoms with E-state index in [1.165, 1.54) is 31.9 Å². The maximum Gasteiger partial charge on any atom is 0.305 e. The van der Waals surface area contributed by atoms with Gasteiger partial charge in [0.25, 0.3) is 0 Å². The van der Waals surface area contributed by atoms with Crippen molar-refractivity contribution in [2.24, 2.45) is 11.8 Å². The maximum atomic E-state index is 11.8. The molecule has 2 aliphatic rings. The Bertz CT molecular complexity index is 493. The summed E-state index contributed by atoms with van der Waals surface area (Å²) in [6.07, 6.45) is 5.38. The first-order chi connectivity index (χ1) is 10.2. The first-order valence-electron chi connectivity index (χ1n) is 8.01. The van der Waals surface area contributed by atoms with Crippen LogP contribution in [0.15, 0.2) is 30.3 Å². The standard InChI is InChI=1S/C18H25NO2.ClH/c1-19-15-8-9-17(19)16(12-18(20)21-2)14(11-15)10-13-6-4-3-5-7-13;/h3-7,14-17H,8-12H2,1-2H3;1H/p-1. The van der Waals surface area contributed by atoms with E-state index >= 15 is 0 Å². The largest absolute Gasteiger partial charge is 1.00 e. The van der Waals surface area contributed by atoms with E-state index in [0.29, 0.717) is 30.3 Å². The molecule has 3 rings (SSSR count). The predicted molar refractivity (Wildman–Crippen MR) is 82.9 cm³/mol. The van der Waals surface area contributed by atoms with Gasteiger partial charge in [0.2, 0.25) is 0 Å². The van der Waals surface area contributed by atoms with Crippen LogP contribution in [0.4, 0.5) is 0 Å². The number of carbonyl (C=O) groups is 1. The number of benzene rings is 1. The van der Waals surface area contributed by atoms with Crippen molar-refractivity contribution in [1.82, 2.24) is 4.90 Å². The number of ether oxygens (including phenoxy) is 1. The molecule has 122 valence electrons. The van der Waals surface area contributed by atoms with Gasteiger partial charge in [0.05, 0.1) is 13.5 Å². The molecule has 0 spiro atoms. The van der Waals surface area contributed by atoms with Crippen molar-refractivity contribution < 1.29 is 21.9 Å². The molecular formula is C18H25ClNO2-. The molecule has 3 nitrogen and oxygen atoms in total. The van der Waals surface area contributed by atoms with Gasteiger partial charge in [0, 0.05) is 12.1 Å². The summed E-state index contributed by atoms with van der Waals surface area (Å²) in [5.41, 5.74) is 1.39. The van der Waals surface area contributed by atoms with Crippen molar-refractivity contribution in [3.8, 4) is 0 Å². The number of methoxy groups -OCH3 is 1. The number of esters is 1. The fraction of sp³-hybridized carbons (Fsp3) is 0.611. The summed E-state index contributed by atoms with van der Waals surface area (Å²) in [5.74, 6) is 0.971. The number of piperidine rings is 1. The Kier molecular flexibility index (Phi) is 5.87. The van der Waals surface area contributed by atoms with Crippen LogP contribution in [-0.4, -0.2) is 37.1 Å². The topological polar surface area (TPSA) is 29.5 Å². The zero-order valence-corrected chi connectivity index (χ0v) is 14.1. The second-order valence-corrected chi connectivity index (χ2v) is 6.59. The van der Waals surface area contributed by atoms with Crippen molar-refractivity contribution in [2.75, 3.05) is 14.2 Å². The highest BCUT2D eigenvalue weighted by molar-refractivity contribution is 5.69. The molecule has 2 aliphatic heterocycles. The Morgan fingerprint density at radius 2 is 2.00 bits per heavy atom. The number of nitrogens with zero attached hydrogens (tertiary/aromatic N) is 1. The SMILES string of the molecule is COC(=O)CC1C(Cc2ccccc2)CC2CCC1N2C.[Cl-]. The lowest BCUT2D eigenvalue weighted by molar-refractivity contribution is -0.143. The van der Waals surface area contributed by atoms with Gasteiger partial charge in [-0.1, -0.05) is 30.3 Å². The molecule has 22 heavy (non-hydrogen) atoms. The Balaban J connectivity index is 0.00000176. The summed E-state index contributed by atoms with van der Waals surface area (Å²) in [5, 5.41) is 0. The van der Waals surface area contributed by atoms with E-state index in [9.17, 15) is 4.79 Å². The highest BCUT2D eigenvalue weighted by atomic mass is 35.5. The second kappa shape index (κ2) is 7.47. The van der Waals surface area contributed by atoms with Gasteiger partial charge in [0.1, 0.15) is 0 Å². The van der Waals surface area contributed by atoms with Gasteiger partial charge in [-0.2, -0.15) is 0 Å². The molecule has 1 aromatic carbocycles. The summed E-state index contributed by atoms with van der Waals surface area (Å²) in [6.45, 7) is 0. The maximum absolute atomic E-state index is 11.8. The molecular weight excluding hydrogens is 298 g/mol. The van der Waals surface area contributed by atoms with E-state index < -0.39 is 0 Å². The van der Waals surface area contributed by atoms with Crippen LogP contribution < -0.4 is 12.4 Å². The van der Waals surface area contributed by atoms with E-state index in [1.54, 1.807) is 0 Å². The fourth-order valence-corrected chi connectivity index (χ4v) is 4.41. The van der Waals surface area contributed by atoms with Crippen molar-refractivity contribution in [3.05, 3.63) is 35.9 Å². The van der Waals surface area contributed by atoms with Crippen LogP contribution >= 0.6 is 0 Å². The molecule has 4 atom stereocenters. The van der Waals surface area contributed by atoms with Gasteiger partial charge in [-0.05, 0) is 50.1 Å². The monoisotopic (exact) mass is 322 g/mol. The molecule has 0 aromatic heterocycles. The molecule has 1 aromatic rings. The van der Waals surface area contributed by atoms with Crippen molar-refractivity contribution >= 4 is 5.97 Å². The summed E-state index contributed by atoms with van der Waals surface area (Å²) in [6, 6.07) is 11.9. The Morgan fingerprint density at radius 3 is 2.68 bits per heavy atom. The second-order valence-electron chi connectivity index (χ2n) is 6.59. The average Bonchev–Trinajstić information content (AvgIpc) is 2.75. The minimum Gasteiger partial charge on any atom is -1.00 e. The highest BCUT2D eigenvalue weighted by Gasteiger charge is 2.45. The van der Waals surface area contributed by atoms with E-state index in [4.69, 9.17) is 4.74 Å². The quantitative estimate of drug-likeness (QED) is 0.725. The number of halogens is 1. The fourth-order valence-electron chi connectivity index (χ4n) is 4.41. The first kappa shape index (κ1) is 17.3. The molecule has 0 saturated carbocycles. The molecule has 2 bridgehead atoms. The van der Waals surface area contributed by atoms with Gasteiger partial charge in [0.15, 0.2) is 0 Å². The van der Waals surface area contributed by atoms with E-state index in [2.05, 4.69) is 42.3 Å². The van der Waals surface area contributed by atoms with Crippen LogP contribution in [0.2, 0.25) is 0 Å². The van der Waals surface area contributed by atoms with Crippen LogP contribution in [0.5, 0.6) is 0 Å². The molecule has 2 heterocycles. The lowest BCUT2D eigenvalue weighted by Crippen LogP contribution is -3.00. The van der Waals surface area contributed by atoms with Crippen LogP contribution in [-0.2, 0) is 16.0 Å². The third-order valence-electron chi connectivity index (χ3n) is 5.54. The average molecular weight is 323 g/mol. The van der Waals surface area contributed by atoms with E-state index in [-0.39, 0.29) is 18.4 Å². The normalized spacial score (nSPS) is 30.6. The molecule has 0 aliphatic carbocycles. The van der Waals surface area contributed by atoms with Gasteiger partial charge < -0.3 is 22.0 Å². The molecule has 0 amide bonds. The number of fused-ring (bicyclic) bond motifs is 2. The summed E-state index contributed by atoms with van der Waals surface area (Å²) in [7, 11) is 3.73. The third kappa shape index (κ3) is 3.47. The van der Waals surface area contributed by atoms with Gasteiger partial charge in [-0.3, -0.25) is 4.79 Å². The zero-order chi connectivity index (χ0) is 14.8. The summed E-state index contributed by atoms with van der Waals surface area (Å²) < 4.78 is 4.94. The van der Waals surface area contributed by atoms with Crippen LogP contribution in [0.1, 0.15) is 31.2 Å². The Hall–Kier alpha value is -1.06. The smallest absolute Gasteiger partial charge is 0.305 e. The summed E-state index contributed by atoms with van der Waals surface area (Å²) in [4.78, 5) is 14.3. The van der Waals surface area contributed by atoms with Crippen molar-refractivity contribution in [2.45, 2.75) is 44.2 Å². The number of hydrogen-bond donors (Lipinski definition) is 0. The highest BCUT2D eigenvalue weighted by Crippen LogP contribution is 2.44. The minimum absolute atomic E-state index is 0. The van der Waals surface area contributed by atoms with Crippen molar-refractivity contribution in [3.63, 3.8) is 0 Å². The third-order valence-corrected chi connectivity index (χ3v) is 5.54. The Labute approximate surface area is 139 Å². The van der Waals surface area contributed by atoms with Crippen LogP contribution in [0.25, 0.3) is 0 Å². The van der Waals surface area contributed by atoms with Gasteiger partial charge in [-0.15, -0.1) is 0 Å². The summed E-state index contributed by atoms with van der Waals surface area (Å²) >= 11 is 0. The zero-order valence-electron chi connectivity index (χ0n) is 13.4. The van der Waals surface area contributed by atoms with Crippen LogP contribution in [0.3, 0.4) is 0 Å². The van der Waals surface area contributed by atoms with Crippen molar-refractivity contribution in [1.29, 1.82) is 0 Å². The lowest BCUT2D eigenvalue weighted by atomic mass is 9.75. The van der Waals surface area contributed by atoms with Gasteiger partial charge >= 0.3 is 5.97 Å². The molecule has 0 N–H and O–H groups in total. The number of rotatable bonds is 4. The number of hydrogen-bond acceptors (Lipinski definition) is 3. The van der Waals surface area contributed by atoms with E-state index in [0.717, 1.165) is 6.42 Å².